The third-order valence-corrected chi connectivity index (χ3v) is 7.08. The molecule has 0 atom stereocenters. The minimum Gasteiger partial charge on any atom is -0.206 e. The molecule has 0 amide bonds. The number of nitrogens with zero attached hydrogens (tertiary/aromatic N) is 1. The van der Waals surface area contributed by atoms with E-state index in [4.69, 9.17) is 5.26 Å². The second-order valence-electron chi connectivity index (χ2n) is 8.82. The summed E-state index contributed by atoms with van der Waals surface area (Å²) in [7, 11) is 0. The predicted octanol–water partition coefficient (Wildman–Crippen LogP) is 7.36. The molecule has 3 rings (SSSR count). The van der Waals surface area contributed by atoms with Gasteiger partial charge >= 0.3 is 0 Å². The van der Waals surface area contributed by atoms with Crippen molar-refractivity contribution < 1.29 is 4.39 Å². The van der Waals surface area contributed by atoms with Gasteiger partial charge in [0.05, 0.1) is 5.56 Å². The van der Waals surface area contributed by atoms with Crippen LogP contribution in [-0.4, -0.2) is 0 Å². The molecule has 1 nitrogen and oxygen atoms in total. The lowest BCUT2D eigenvalue weighted by Crippen LogP contribution is -2.17. The van der Waals surface area contributed by atoms with E-state index in [-0.39, 0.29) is 11.4 Å². The van der Waals surface area contributed by atoms with E-state index < -0.39 is 0 Å². The van der Waals surface area contributed by atoms with Crippen LogP contribution in [-0.2, 0) is 0 Å². The Morgan fingerprint density at radius 2 is 1.42 bits per heavy atom. The smallest absolute Gasteiger partial charge is 0.141 e. The van der Waals surface area contributed by atoms with Crippen LogP contribution in [0.15, 0.2) is 18.2 Å². The Bertz CT molecular complexity index is 601. The van der Waals surface area contributed by atoms with E-state index >= 15 is 0 Å². The van der Waals surface area contributed by atoms with Crippen molar-refractivity contribution >= 4 is 0 Å². The predicted molar refractivity (Wildman–Crippen MR) is 105 cm³/mol. The van der Waals surface area contributed by atoms with Gasteiger partial charge < -0.3 is 0 Å². The van der Waals surface area contributed by atoms with Gasteiger partial charge in [0.2, 0.25) is 0 Å². The molecule has 0 N–H and O–H groups in total. The first-order valence-electron chi connectivity index (χ1n) is 10.9. The molecule has 2 heteroatoms. The Morgan fingerprint density at radius 3 is 1.92 bits per heavy atom. The Morgan fingerprint density at radius 1 is 0.885 bits per heavy atom. The lowest BCUT2D eigenvalue weighted by Gasteiger charge is -2.32. The Balaban J connectivity index is 1.39. The molecule has 142 valence electrons. The molecule has 0 heterocycles. The van der Waals surface area contributed by atoms with Crippen molar-refractivity contribution in [2.45, 2.75) is 89.9 Å². The Kier molecular flexibility index (Phi) is 7.12. The maximum absolute atomic E-state index is 13.9. The molecule has 0 saturated heterocycles. The molecule has 1 aromatic rings. The molecule has 0 bridgehead atoms. The number of halogens is 1. The van der Waals surface area contributed by atoms with Crippen LogP contribution in [0, 0.1) is 34.9 Å². The van der Waals surface area contributed by atoms with Crippen molar-refractivity contribution in [3.63, 3.8) is 0 Å². The van der Waals surface area contributed by atoms with Gasteiger partial charge in [-0.25, -0.2) is 4.39 Å². The van der Waals surface area contributed by atoms with Crippen LogP contribution in [0.4, 0.5) is 4.39 Å². The minimum absolute atomic E-state index is 0.163. The van der Waals surface area contributed by atoms with Crippen LogP contribution in [0.2, 0.25) is 0 Å². The number of hydrogen-bond acceptors (Lipinski definition) is 1. The summed E-state index contributed by atoms with van der Waals surface area (Å²) in [6, 6.07) is 7.11. The van der Waals surface area contributed by atoms with E-state index in [0.29, 0.717) is 5.92 Å². The first-order valence-corrected chi connectivity index (χ1v) is 10.9. The summed E-state index contributed by atoms with van der Waals surface area (Å²) in [6.45, 7) is 2.31. The van der Waals surface area contributed by atoms with Crippen LogP contribution in [0.1, 0.15) is 101 Å². The number of hydrogen-bond donors (Lipinski definition) is 0. The van der Waals surface area contributed by atoms with Crippen molar-refractivity contribution in [3.8, 4) is 6.07 Å². The SMILES string of the molecule is CCC[C@H]1CC[C@H](CC[C@H]2CC[C@H](c3ccc(C#N)c(F)c3)CC2)CC1. The topological polar surface area (TPSA) is 23.8 Å². The summed E-state index contributed by atoms with van der Waals surface area (Å²) in [6.07, 6.45) is 16.4. The summed E-state index contributed by atoms with van der Waals surface area (Å²) < 4.78 is 13.9. The van der Waals surface area contributed by atoms with Crippen molar-refractivity contribution in [1.82, 2.24) is 0 Å². The number of benzene rings is 1. The zero-order chi connectivity index (χ0) is 18.4. The molecule has 0 aliphatic heterocycles. The lowest BCUT2D eigenvalue weighted by atomic mass is 9.74. The van der Waals surface area contributed by atoms with Crippen molar-refractivity contribution in [2.24, 2.45) is 17.8 Å². The zero-order valence-electron chi connectivity index (χ0n) is 16.4. The van der Waals surface area contributed by atoms with Gasteiger partial charge in [-0.1, -0.05) is 64.4 Å². The first kappa shape index (κ1) is 19.4. The third kappa shape index (κ3) is 5.09. The van der Waals surface area contributed by atoms with Crippen molar-refractivity contribution in [3.05, 3.63) is 35.1 Å². The summed E-state index contributed by atoms with van der Waals surface area (Å²) >= 11 is 0. The molecule has 0 aromatic heterocycles. The maximum Gasteiger partial charge on any atom is 0.141 e. The van der Waals surface area contributed by atoms with E-state index in [1.54, 1.807) is 12.1 Å². The fraction of sp³-hybridized carbons (Fsp3) is 0.708. The molecule has 2 aliphatic rings. The molecule has 2 saturated carbocycles. The van der Waals surface area contributed by atoms with E-state index in [0.717, 1.165) is 23.3 Å². The molecule has 26 heavy (non-hydrogen) atoms. The van der Waals surface area contributed by atoms with Crippen LogP contribution >= 0.6 is 0 Å². The first-order chi connectivity index (χ1) is 12.7. The fourth-order valence-electron chi connectivity index (χ4n) is 5.35. The largest absolute Gasteiger partial charge is 0.206 e. The van der Waals surface area contributed by atoms with Gasteiger partial charge in [-0.2, -0.15) is 5.26 Å². The summed E-state index contributed by atoms with van der Waals surface area (Å²) in [5, 5.41) is 8.87. The highest BCUT2D eigenvalue weighted by molar-refractivity contribution is 5.34. The van der Waals surface area contributed by atoms with E-state index in [1.165, 1.54) is 77.0 Å². The fourth-order valence-corrected chi connectivity index (χ4v) is 5.35. The van der Waals surface area contributed by atoms with Crippen LogP contribution in [0.5, 0.6) is 0 Å². The van der Waals surface area contributed by atoms with Gasteiger partial charge in [0.1, 0.15) is 11.9 Å². The molecule has 0 spiro atoms. The molecule has 1 aromatic carbocycles. The average molecular weight is 356 g/mol. The molecule has 0 radical (unpaired) electrons. The van der Waals surface area contributed by atoms with Crippen molar-refractivity contribution in [2.75, 3.05) is 0 Å². The highest BCUT2D eigenvalue weighted by Gasteiger charge is 2.25. The standard InChI is InChI=1S/C24H34FN/c1-2-3-18-4-6-19(7-5-18)8-9-20-10-12-21(13-11-20)22-14-15-23(17-26)24(25)16-22/h14-16,18-21H,2-13H2,1H3/t18-,19-,20-,21-. The van der Waals surface area contributed by atoms with Gasteiger partial charge in [-0.3, -0.25) is 0 Å². The maximum atomic E-state index is 13.9. The van der Waals surface area contributed by atoms with Gasteiger partial charge in [-0.05, 0) is 67.1 Å². The normalized spacial score (nSPS) is 29.3. The van der Waals surface area contributed by atoms with Gasteiger partial charge in [0.15, 0.2) is 0 Å². The quantitative estimate of drug-likeness (QED) is 0.523. The van der Waals surface area contributed by atoms with E-state index in [1.807, 2.05) is 12.1 Å². The second-order valence-corrected chi connectivity index (χ2v) is 8.82. The Labute approximate surface area is 159 Å². The molecule has 2 fully saturated rings. The number of nitriles is 1. The van der Waals surface area contributed by atoms with Gasteiger partial charge in [0, 0.05) is 0 Å². The zero-order valence-corrected chi connectivity index (χ0v) is 16.4. The molecule has 2 aliphatic carbocycles. The number of rotatable bonds is 6. The highest BCUT2D eigenvalue weighted by atomic mass is 19.1. The van der Waals surface area contributed by atoms with Gasteiger partial charge in [0.25, 0.3) is 0 Å². The van der Waals surface area contributed by atoms with E-state index in [2.05, 4.69) is 6.92 Å². The average Bonchev–Trinajstić information content (AvgIpc) is 2.68. The van der Waals surface area contributed by atoms with Crippen LogP contribution in [0.25, 0.3) is 0 Å². The summed E-state index contributed by atoms with van der Waals surface area (Å²) in [5.74, 6) is 3.00. The minimum atomic E-state index is -0.356. The van der Waals surface area contributed by atoms with Crippen molar-refractivity contribution in [1.29, 1.82) is 5.26 Å². The van der Waals surface area contributed by atoms with E-state index in [9.17, 15) is 4.39 Å². The van der Waals surface area contributed by atoms with Crippen LogP contribution in [0.3, 0.4) is 0 Å². The second kappa shape index (κ2) is 9.54. The summed E-state index contributed by atoms with van der Waals surface area (Å²) in [4.78, 5) is 0. The monoisotopic (exact) mass is 355 g/mol. The molecular weight excluding hydrogens is 321 g/mol. The highest BCUT2D eigenvalue weighted by Crippen LogP contribution is 2.40. The summed E-state index contributed by atoms with van der Waals surface area (Å²) in [5.41, 5.74) is 1.25. The molecular formula is C24H34FN. The lowest BCUT2D eigenvalue weighted by molar-refractivity contribution is 0.224. The van der Waals surface area contributed by atoms with Gasteiger partial charge in [-0.15, -0.1) is 0 Å². The van der Waals surface area contributed by atoms with Crippen LogP contribution < -0.4 is 0 Å². The Hall–Kier alpha value is -1.36. The molecule has 0 unspecified atom stereocenters. The third-order valence-electron chi connectivity index (χ3n) is 7.08.